The molecule has 0 aromatic heterocycles. The number of carbonyl (C=O) groups excluding carboxylic acids is 1. The molecule has 2 aliphatic rings. The van der Waals surface area contributed by atoms with Gasteiger partial charge in [-0.05, 0) is 50.9 Å². The number of hydrogen-bond donors (Lipinski definition) is 0. The molecule has 2 unspecified atom stereocenters. The Kier molecular flexibility index (Phi) is 12.2. The Balaban J connectivity index is 1.45. The van der Waals surface area contributed by atoms with Crippen molar-refractivity contribution in [2.45, 2.75) is 116 Å². The lowest BCUT2D eigenvalue weighted by atomic mass is 9.87. The van der Waals surface area contributed by atoms with Crippen LogP contribution in [0.3, 0.4) is 0 Å². The van der Waals surface area contributed by atoms with E-state index < -0.39 is 0 Å². The zero-order valence-corrected chi connectivity index (χ0v) is 18.5. The van der Waals surface area contributed by atoms with Crippen molar-refractivity contribution in [1.82, 2.24) is 0 Å². The van der Waals surface area contributed by atoms with E-state index in [4.69, 9.17) is 14.2 Å². The topological polar surface area (TPSA) is 44.8 Å². The molecule has 0 bridgehead atoms. The van der Waals surface area contributed by atoms with Crippen molar-refractivity contribution in [2.75, 3.05) is 19.8 Å². The van der Waals surface area contributed by atoms with Crippen LogP contribution in [0.2, 0.25) is 0 Å². The normalized spacial score (nSPS) is 28.2. The Labute approximate surface area is 173 Å². The van der Waals surface area contributed by atoms with Gasteiger partial charge < -0.3 is 14.2 Å². The minimum Gasteiger partial charge on any atom is -0.465 e. The van der Waals surface area contributed by atoms with Crippen LogP contribution >= 0.6 is 0 Å². The van der Waals surface area contributed by atoms with Gasteiger partial charge in [-0.1, -0.05) is 58.8 Å². The predicted molar refractivity (Wildman–Crippen MR) is 113 cm³/mol. The summed E-state index contributed by atoms with van der Waals surface area (Å²) in [5.74, 6) is 0.900. The fraction of sp³-hybridized carbons (Fsp3) is 0.958. The van der Waals surface area contributed by atoms with Crippen LogP contribution in [0, 0.1) is 11.8 Å². The predicted octanol–water partition coefficient (Wildman–Crippen LogP) is 6.06. The molecule has 2 saturated carbocycles. The highest BCUT2D eigenvalue weighted by molar-refractivity contribution is 5.72. The molecular formula is C24H44O4. The summed E-state index contributed by atoms with van der Waals surface area (Å²) in [4.78, 5) is 12.2. The van der Waals surface area contributed by atoms with Gasteiger partial charge in [0.1, 0.15) is 0 Å². The van der Waals surface area contributed by atoms with E-state index in [-0.39, 0.29) is 18.0 Å². The van der Waals surface area contributed by atoms with Gasteiger partial charge in [0.05, 0.1) is 37.9 Å². The fourth-order valence-corrected chi connectivity index (χ4v) is 4.60. The van der Waals surface area contributed by atoms with Crippen molar-refractivity contribution in [3.05, 3.63) is 0 Å². The lowest BCUT2D eigenvalue weighted by Crippen LogP contribution is -2.29. The molecular weight excluding hydrogens is 352 g/mol. The Morgan fingerprint density at radius 1 is 0.786 bits per heavy atom. The van der Waals surface area contributed by atoms with Crippen LogP contribution in [0.5, 0.6) is 0 Å². The molecule has 2 aliphatic carbocycles. The van der Waals surface area contributed by atoms with E-state index in [0.29, 0.717) is 25.9 Å². The summed E-state index contributed by atoms with van der Waals surface area (Å²) in [7, 11) is 0. The number of esters is 1. The fourth-order valence-electron chi connectivity index (χ4n) is 4.60. The van der Waals surface area contributed by atoms with E-state index in [9.17, 15) is 4.79 Å². The monoisotopic (exact) mass is 396 g/mol. The van der Waals surface area contributed by atoms with Crippen molar-refractivity contribution in [3.63, 3.8) is 0 Å². The maximum Gasteiger partial charge on any atom is 0.308 e. The highest BCUT2D eigenvalue weighted by atomic mass is 16.5. The molecule has 0 aliphatic heterocycles. The van der Waals surface area contributed by atoms with Crippen molar-refractivity contribution in [1.29, 1.82) is 0 Å². The first-order chi connectivity index (χ1) is 13.7. The number of rotatable bonds is 13. The van der Waals surface area contributed by atoms with Gasteiger partial charge >= 0.3 is 5.97 Å². The van der Waals surface area contributed by atoms with Crippen molar-refractivity contribution < 1.29 is 19.0 Å². The summed E-state index contributed by atoms with van der Waals surface area (Å²) in [5.41, 5.74) is 0. The van der Waals surface area contributed by atoms with Crippen LogP contribution in [0.25, 0.3) is 0 Å². The number of hydrogen-bond acceptors (Lipinski definition) is 4. The minimum atomic E-state index is 0.0155. The van der Waals surface area contributed by atoms with E-state index in [1.54, 1.807) is 0 Å². The zero-order chi connectivity index (χ0) is 20.0. The molecule has 0 aromatic rings. The average Bonchev–Trinajstić information content (AvgIpc) is 2.71. The molecule has 0 heterocycles. The SMILES string of the molecule is CCCCCCCCOC(=O)C1CCC(OCCOC2CCCC(C)C2)CC1. The molecule has 164 valence electrons. The first kappa shape index (κ1) is 23.7. The molecule has 0 N–H and O–H groups in total. The second kappa shape index (κ2) is 14.4. The zero-order valence-electron chi connectivity index (χ0n) is 18.5. The summed E-state index contributed by atoms with van der Waals surface area (Å²) < 4.78 is 17.5. The lowest BCUT2D eigenvalue weighted by Gasteiger charge is -2.29. The van der Waals surface area contributed by atoms with Crippen LogP contribution in [-0.4, -0.2) is 38.0 Å². The smallest absolute Gasteiger partial charge is 0.308 e. The van der Waals surface area contributed by atoms with Crippen molar-refractivity contribution >= 4 is 5.97 Å². The standard InChI is InChI=1S/C24H44O4/c1-3-4-5-6-7-8-16-28-24(25)21-12-14-22(15-13-21)26-17-18-27-23-11-9-10-20(2)19-23/h20-23H,3-19H2,1-2H3. The molecule has 0 spiro atoms. The molecule has 0 aromatic carbocycles. The van der Waals surface area contributed by atoms with E-state index in [2.05, 4.69) is 13.8 Å². The molecule has 0 amide bonds. The Morgan fingerprint density at radius 3 is 2.18 bits per heavy atom. The number of carbonyl (C=O) groups is 1. The molecule has 2 fully saturated rings. The third-order valence-corrected chi connectivity index (χ3v) is 6.43. The van der Waals surface area contributed by atoms with E-state index >= 15 is 0 Å². The van der Waals surface area contributed by atoms with Crippen LogP contribution in [0.4, 0.5) is 0 Å². The Morgan fingerprint density at radius 2 is 1.46 bits per heavy atom. The quantitative estimate of drug-likeness (QED) is 0.280. The third kappa shape index (κ3) is 9.73. The molecule has 2 rings (SSSR count). The van der Waals surface area contributed by atoms with Gasteiger partial charge in [0.15, 0.2) is 0 Å². The van der Waals surface area contributed by atoms with Gasteiger partial charge in [-0.2, -0.15) is 0 Å². The molecule has 28 heavy (non-hydrogen) atoms. The van der Waals surface area contributed by atoms with Crippen LogP contribution < -0.4 is 0 Å². The first-order valence-electron chi connectivity index (χ1n) is 12.1. The maximum absolute atomic E-state index is 12.2. The Hall–Kier alpha value is -0.610. The van der Waals surface area contributed by atoms with Crippen LogP contribution in [0.1, 0.15) is 104 Å². The lowest BCUT2D eigenvalue weighted by molar-refractivity contribution is -0.151. The number of unbranched alkanes of at least 4 members (excludes halogenated alkanes) is 5. The van der Waals surface area contributed by atoms with Crippen LogP contribution in [-0.2, 0) is 19.0 Å². The minimum absolute atomic E-state index is 0.0155. The van der Waals surface area contributed by atoms with Gasteiger partial charge in [0.25, 0.3) is 0 Å². The van der Waals surface area contributed by atoms with E-state index in [1.807, 2.05) is 0 Å². The second-order valence-electron chi connectivity index (χ2n) is 9.04. The van der Waals surface area contributed by atoms with E-state index in [1.165, 1.54) is 57.8 Å². The third-order valence-electron chi connectivity index (χ3n) is 6.43. The summed E-state index contributed by atoms with van der Waals surface area (Å²) in [6.45, 7) is 6.54. The number of ether oxygens (including phenoxy) is 3. The summed E-state index contributed by atoms with van der Waals surface area (Å²) in [6.07, 6.45) is 16.9. The maximum atomic E-state index is 12.2. The van der Waals surface area contributed by atoms with Crippen LogP contribution in [0.15, 0.2) is 0 Å². The highest BCUT2D eigenvalue weighted by Gasteiger charge is 2.27. The molecule has 0 radical (unpaired) electrons. The second-order valence-corrected chi connectivity index (χ2v) is 9.04. The molecule has 4 nitrogen and oxygen atoms in total. The molecule has 4 heteroatoms. The van der Waals surface area contributed by atoms with Gasteiger partial charge in [-0.25, -0.2) is 0 Å². The summed E-state index contributed by atoms with van der Waals surface area (Å²) in [6, 6.07) is 0. The highest BCUT2D eigenvalue weighted by Crippen LogP contribution is 2.28. The summed E-state index contributed by atoms with van der Waals surface area (Å²) in [5, 5.41) is 0. The van der Waals surface area contributed by atoms with Gasteiger partial charge in [-0.3, -0.25) is 4.79 Å². The van der Waals surface area contributed by atoms with Gasteiger partial charge in [0, 0.05) is 0 Å². The summed E-state index contributed by atoms with van der Waals surface area (Å²) >= 11 is 0. The van der Waals surface area contributed by atoms with E-state index in [0.717, 1.165) is 38.0 Å². The largest absolute Gasteiger partial charge is 0.465 e. The Bertz CT molecular complexity index is 403. The first-order valence-corrected chi connectivity index (χ1v) is 12.1. The average molecular weight is 397 g/mol. The molecule has 0 saturated heterocycles. The van der Waals surface area contributed by atoms with Gasteiger partial charge in [0.2, 0.25) is 0 Å². The molecule has 2 atom stereocenters. The van der Waals surface area contributed by atoms with Crippen molar-refractivity contribution in [2.24, 2.45) is 11.8 Å². The van der Waals surface area contributed by atoms with Crippen molar-refractivity contribution in [3.8, 4) is 0 Å². The van der Waals surface area contributed by atoms with Gasteiger partial charge in [-0.15, -0.1) is 0 Å².